The molecule has 1 unspecified atom stereocenters. The Balaban J connectivity index is 1.29. The normalized spacial score (nSPS) is 23.8. The Morgan fingerprint density at radius 3 is 2.38 bits per heavy atom. The first-order valence-corrected chi connectivity index (χ1v) is 13.0. The molecule has 0 spiro atoms. The standard InChI is InChI=1S/C29H39N3O2/c1-29(13-20-34-21-14-29)25-9-11-26(12-10-25)32-15-5-7-24(28(32)33)22-23-6-3-4-8-27(23)31-18-16-30(2)17-19-31/h3-4,6,8-12,24H,5,7,13-22H2,1-2H3. The molecule has 0 saturated carbocycles. The summed E-state index contributed by atoms with van der Waals surface area (Å²) >= 11 is 0. The highest BCUT2D eigenvalue weighted by molar-refractivity contribution is 5.96. The van der Waals surface area contributed by atoms with Gasteiger partial charge in [-0.2, -0.15) is 0 Å². The zero-order chi connectivity index (χ0) is 23.5. The number of anilines is 2. The van der Waals surface area contributed by atoms with Crippen molar-refractivity contribution in [1.82, 2.24) is 4.90 Å². The summed E-state index contributed by atoms with van der Waals surface area (Å²) in [4.78, 5) is 20.5. The van der Waals surface area contributed by atoms with Crippen LogP contribution < -0.4 is 9.80 Å². The summed E-state index contributed by atoms with van der Waals surface area (Å²) in [6.45, 7) is 9.11. The van der Waals surface area contributed by atoms with Gasteiger partial charge in [0.1, 0.15) is 0 Å². The van der Waals surface area contributed by atoms with Crippen LogP contribution in [0.25, 0.3) is 0 Å². The molecule has 0 aromatic heterocycles. The first-order valence-electron chi connectivity index (χ1n) is 13.0. The van der Waals surface area contributed by atoms with Crippen LogP contribution in [0, 0.1) is 5.92 Å². The minimum atomic E-state index is 0.0510. The highest BCUT2D eigenvalue weighted by atomic mass is 16.5. The van der Waals surface area contributed by atoms with Crippen LogP contribution in [-0.4, -0.2) is 63.8 Å². The third-order valence-electron chi connectivity index (χ3n) is 8.32. The molecule has 34 heavy (non-hydrogen) atoms. The van der Waals surface area contributed by atoms with Gasteiger partial charge in [0.05, 0.1) is 0 Å². The van der Waals surface area contributed by atoms with Crippen molar-refractivity contribution in [3.05, 3.63) is 59.7 Å². The van der Waals surface area contributed by atoms with E-state index in [1.165, 1.54) is 16.8 Å². The van der Waals surface area contributed by atoms with Gasteiger partial charge in [-0.15, -0.1) is 0 Å². The quantitative estimate of drug-likeness (QED) is 0.657. The minimum Gasteiger partial charge on any atom is -0.381 e. The summed E-state index contributed by atoms with van der Waals surface area (Å²) in [6.07, 6.45) is 4.98. The lowest BCUT2D eigenvalue weighted by Gasteiger charge is -2.37. The van der Waals surface area contributed by atoms with Crippen molar-refractivity contribution < 1.29 is 9.53 Å². The molecule has 2 aromatic rings. The number of piperazine rings is 1. The van der Waals surface area contributed by atoms with Crippen LogP contribution in [-0.2, 0) is 21.4 Å². The van der Waals surface area contributed by atoms with Crippen molar-refractivity contribution in [2.24, 2.45) is 5.92 Å². The maximum Gasteiger partial charge on any atom is 0.230 e. The van der Waals surface area contributed by atoms with Crippen LogP contribution >= 0.6 is 0 Å². The fraction of sp³-hybridized carbons (Fsp3) is 0.552. The van der Waals surface area contributed by atoms with Gasteiger partial charge in [-0.05, 0) is 73.9 Å². The molecule has 0 bridgehead atoms. The van der Waals surface area contributed by atoms with Gasteiger partial charge >= 0.3 is 0 Å². The number of nitrogens with zero attached hydrogens (tertiary/aromatic N) is 3. The van der Waals surface area contributed by atoms with E-state index in [2.05, 4.69) is 72.3 Å². The van der Waals surface area contributed by atoms with Crippen molar-refractivity contribution in [2.75, 3.05) is 62.8 Å². The van der Waals surface area contributed by atoms with E-state index in [9.17, 15) is 4.79 Å². The van der Waals surface area contributed by atoms with Crippen molar-refractivity contribution in [3.63, 3.8) is 0 Å². The predicted octanol–water partition coefficient (Wildman–Crippen LogP) is 4.49. The van der Waals surface area contributed by atoms with Gasteiger partial charge in [-0.1, -0.05) is 37.3 Å². The zero-order valence-corrected chi connectivity index (χ0v) is 20.8. The summed E-state index contributed by atoms with van der Waals surface area (Å²) in [5.74, 6) is 0.333. The summed E-state index contributed by atoms with van der Waals surface area (Å²) in [5.41, 5.74) is 5.21. The number of hydrogen-bond donors (Lipinski definition) is 0. The van der Waals surface area contributed by atoms with Crippen LogP contribution in [0.1, 0.15) is 43.7 Å². The average molecular weight is 462 g/mol. The first-order chi connectivity index (χ1) is 16.5. The molecule has 5 nitrogen and oxygen atoms in total. The molecular formula is C29H39N3O2. The van der Waals surface area contributed by atoms with Crippen molar-refractivity contribution in [3.8, 4) is 0 Å². The second-order valence-electron chi connectivity index (χ2n) is 10.7. The molecule has 0 N–H and O–H groups in total. The van der Waals surface area contributed by atoms with Gasteiger partial charge in [0.2, 0.25) is 5.91 Å². The number of hydrogen-bond acceptors (Lipinski definition) is 4. The number of likely N-dealkylation sites (N-methyl/N-ethyl adjacent to an activating group) is 1. The summed E-state index contributed by atoms with van der Waals surface area (Å²) in [6, 6.07) is 17.5. The molecule has 0 radical (unpaired) electrons. The Hall–Kier alpha value is -2.37. The molecule has 3 aliphatic heterocycles. The Labute approximate surface area is 204 Å². The second kappa shape index (κ2) is 10.1. The van der Waals surface area contributed by atoms with E-state index < -0.39 is 0 Å². The molecule has 5 heteroatoms. The number of benzene rings is 2. The SMILES string of the molecule is CN1CCN(c2ccccc2CC2CCCN(c3ccc(C4(C)CCOCC4)cc3)C2=O)CC1. The molecule has 3 aliphatic rings. The number of amides is 1. The van der Waals surface area contributed by atoms with E-state index in [1.807, 2.05) is 4.90 Å². The highest BCUT2D eigenvalue weighted by Crippen LogP contribution is 2.36. The van der Waals surface area contributed by atoms with E-state index in [0.29, 0.717) is 0 Å². The van der Waals surface area contributed by atoms with Gasteiger partial charge in [-0.3, -0.25) is 4.79 Å². The fourth-order valence-corrected chi connectivity index (χ4v) is 5.85. The molecule has 3 saturated heterocycles. The highest BCUT2D eigenvalue weighted by Gasteiger charge is 2.32. The Bertz CT molecular complexity index is 975. The van der Waals surface area contributed by atoms with Gasteiger partial charge in [0.15, 0.2) is 0 Å². The largest absolute Gasteiger partial charge is 0.381 e. The second-order valence-corrected chi connectivity index (χ2v) is 10.7. The summed E-state index contributed by atoms with van der Waals surface area (Å²) in [5, 5.41) is 0. The van der Waals surface area contributed by atoms with Crippen molar-refractivity contribution in [2.45, 2.75) is 44.4 Å². The van der Waals surface area contributed by atoms with Crippen molar-refractivity contribution >= 4 is 17.3 Å². The lowest BCUT2D eigenvalue weighted by molar-refractivity contribution is -0.123. The van der Waals surface area contributed by atoms with Crippen LogP contribution in [0.5, 0.6) is 0 Å². The molecule has 1 amide bonds. The molecule has 2 aromatic carbocycles. The number of rotatable bonds is 5. The zero-order valence-electron chi connectivity index (χ0n) is 20.8. The first kappa shape index (κ1) is 23.4. The fourth-order valence-electron chi connectivity index (χ4n) is 5.85. The Morgan fingerprint density at radius 1 is 0.941 bits per heavy atom. The van der Waals surface area contributed by atoms with Crippen LogP contribution in [0.2, 0.25) is 0 Å². The van der Waals surface area contributed by atoms with E-state index in [4.69, 9.17) is 4.74 Å². The van der Waals surface area contributed by atoms with E-state index in [0.717, 1.165) is 83.7 Å². The number of para-hydroxylation sites is 1. The Kier molecular flexibility index (Phi) is 6.94. The van der Waals surface area contributed by atoms with Crippen LogP contribution in [0.4, 0.5) is 11.4 Å². The summed E-state index contributed by atoms with van der Waals surface area (Å²) in [7, 11) is 2.19. The molecule has 182 valence electrons. The predicted molar refractivity (Wildman–Crippen MR) is 139 cm³/mol. The number of carbonyl (C=O) groups is 1. The van der Waals surface area contributed by atoms with Gasteiger partial charge in [-0.25, -0.2) is 0 Å². The maximum atomic E-state index is 13.6. The van der Waals surface area contributed by atoms with Gasteiger partial charge in [0.25, 0.3) is 0 Å². The maximum absolute atomic E-state index is 13.6. The Morgan fingerprint density at radius 2 is 1.65 bits per heavy atom. The molecule has 0 aliphatic carbocycles. The van der Waals surface area contributed by atoms with Gasteiger partial charge < -0.3 is 19.4 Å². The minimum absolute atomic E-state index is 0.0510. The monoisotopic (exact) mass is 461 g/mol. The van der Waals surface area contributed by atoms with Crippen LogP contribution in [0.15, 0.2) is 48.5 Å². The molecule has 1 atom stereocenters. The van der Waals surface area contributed by atoms with E-state index in [-0.39, 0.29) is 17.2 Å². The third-order valence-corrected chi connectivity index (χ3v) is 8.32. The van der Waals surface area contributed by atoms with E-state index >= 15 is 0 Å². The molecule has 5 rings (SSSR count). The van der Waals surface area contributed by atoms with E-state index in [1.54, 1.807) is 0 Å². The number of ether oxygens (including phenoxy) is 1. The average Bonchev–Trinajstić information content (AvgIpc) is 2.87. The van der Waals surface area contributed by atoms with Crippen LogP contribution in [0.3, 0.4) is 0 Å². The van der Waals surface area contributed by atoms with Crippen molar-refractivity contribution in [1.29, 1.82) is 0 Å². The lowest BCUT2D eigenvalue weighted by Crippen LogP contribution is -2.45. The smallest absolute Gasteiger partial charge is 0.230 e. The summed E-state index contributed by atoms with van der Waals surface area (Å²) < 4.78 is 5.57. The van der Waals surface area contributed by atoms with Gasteiger partial charge in [0, 0.05) is 63.2 Å². The topological polar surface area (TPSA) is 36.0 Å². The number of piperidine rings is 1. The lowest BCUT2D eigenvalue weighted by atomic mass is 9.76. The number of carbonyl (C=O) groups excluding carboxylic acids is 1. The molecule has 3 fully saturated rings. The third kappa shape index (κ3) is 4.87. The molecular weight excluding hydrogens is 422 g/mol. The molecule has 3 heterocycles.